The highest BCUT2D eigenvalue weighted by atomic mass is 35.5. The van der Waals surface area contributed by atoms with E-state index in [0.717, 1.165) is 5.56 Å². The number of halogens is 1. The van der Waals surface area contributed by atoms with Gasteiger partial charge in [-0.25, -0.2) is 8.42 Å². The first-order chi connectivity index (χ1) is 14.7. The Balaban J connectivity index is 1.77. The van der Waals surface area contributed by atoms with Crippen LogP contribution in [0.15, 0.2) is 65.6 Å². The van der Waals surface area contributed by atoms with E-state index in [1.807, 2.05) is 6.92 Å². The summed E-state index contributed by atoms with van der Waals surface area (Å²) in [6.07, 6.45) is 0. The molecule has 0 fully saturated rings. The fraction of sp³-hybridized carbons (Fsp3) is 0.136. The van der Waals surface area contributed by atoms with Crippen LogP contribution >= 0.6 is 11.6 Å². The van der Waals surface area contributed by atoms with E-state index in [-0.39, 0.29) is 21.2 Å². The molecule has 0 spiro atoms. The fourth-order valence-corrected chi connectivity index (χ4v) is 4.14. The molecule has 9 heteroatoms. The Morgan fingerprint density at radius 3 is 2.19 bits per heavy atom. The number of methoxy groups -OCH3 is 2. The van der Waals surface area contributed by atoms with Crippen LogP contribution in [0.5, 0.6) is 11.5 Å². The minimum atomic E-state index is -3.81. The molecule has 31 heavy (non-hydrogen) atoms. The standard InChI is InChI=1S/C22H21ClN2O5S/c1-14-4-8-17(9-5-14)31(27,28)25-19-10-6-15(12-18(19)23)22(26)24-16-7-11-20(29-2)21(13-16)30-3/h4-13,25H,1-3H3,(H,24,26). The zero-order valence-electron chi connectivity index (χ0n) is 17.1. The lowest BCUT2D eigenvalue weighted by Crippen LogP contribution is -2.15. The van der Waals surface area contributed by atoms with Gasteiger partial charge in [-0.2, -0.15) is 0 Å². The van der Waals surface area contributed by atoms with E-state index in [4.69, 9.17) is 21.1 Å². The quantitative estimate of drug-likeness (QED) is 0.532. The topological polar surface area (TPSA) is 93.7 Å². The van der Waals surface area contributed by atoms with Crippen LogP contribution in [0.3, 0.4) is 0 Å². The summed E-state index contributed by atoms with van der Waals surface area (Å²) in [5.74, 6) is 0.593. The summed E-state index contributed by atoms with van der Waals surface area (Å²) >= 11 is 6.24. The predicted molar refractivity (Wildman–Crippen MR) is 121 cm³/mol. The lowest BCUT2D eigenvalue weighted by atomic mass is 10.2. The van der Waals surface area contributed by atoms with Crippen molar-refractivity contribution in [3.63, 3.8) is 0 Å². The van der Waals surface area contributed by atoms with E-state index >= 15 is 0 Å². The van der Waals surface area contributed by atoms with E-state index in [2.05, 4.69) is 10.0 Å². The second-order valence-electron chi connectivity index (χ2n) is 6.64. The molecular formula is C22H21ClN2O5S. The first-order valence-electron chi connectivity index (χ1n) is 9.16. The zero-order valence-corrected chi connectivity index (χ0v) is 18.7. The molecule has 0 radical (unpaired) electrons. The van der Waals surface area contributed by atoms with Crippen LogP contribution in [0.1, 0.15) is 15.9 Å². The van der Waals surface area contributed by atoms with Crippen molar-refractivity contribution in [1.82, 2.24) is 0 Å². The molecule has 0 heterocycles. The lowest BCUT2D eigenvalue weighted by molar-refractivity contribution is 0.102. The highest BCUT2D eigenvalue weighted by Crippen LogP contribution is 2.30. The van der Waals surface area contributed by atoms with Crippen molar-refractivity contribution in [2.45, 2.75) is 11.8 Å². The monoisotopic (exact) mass is 460 g/mol. The number of amides is 1. The molecule has 3 rings (SSSR count). The maximum Gasteiger partial charge on any atom is 0.261 e. The predicted octanol–water partition coefficient (Wildman–Crippen LogP) is 4.72. The summed E-state index contributed by atoms with van der Waals surface area (Å²) in [5.41, 5.74) is 1.88. The molecule has 3 aromatic carbocycles. The summed E-state index contributed by atoms with van der Waals surface area (Å²) in [6, 6.07) is 15.7. The van der Waals surface area contributed by atoms with Crippen LogP contribution in [0, 0.1) is 6.92 Å². The molecule has 0 aliphatic rings. The van der Waals surface area contributed by atoms with E-state index in [0.29, 0.717) is 17.2 Å². The molecule has 0 bridgehead atoms. The van der Waals surface area contributed by atoms with Crippen molar-refractivity contribution in [3.05, 3.63) is 76.8 Å². The highest BCUT2D eigenvalue weighted by molar-refractivity contribution is 7.92. The van der Waals surface area contributed by atoms with Crippen LogP contribution < -0.4 is 19.5 Å². The molecule has 0 unspecified atom stereocenters. The number of benzene rings is 3. The van der Waals surface area contributed by atoms with Gasteiger partial charge < -0.3 is 14.8 Å². The third kappa shape index (κ3) is 5.28. The van der Waals surface area contributed by atoms with Crippen molar-refractivity contribution in [2.75, 3.05) is 24.3 Å². The van der Waals surface area contributed by atoms with Gasteiger partial charge in [-0.15, -0.1) is 0 Å². The van der Waals surface area contributed by atoms with E-state index in [1.54, 1.807) is 30.3 Å². The number of nitrogens with one attached hydrogen (secondary N) is 2. The first kappa shape index (κ1) is 22.5. The number of sulfonamides is 1. The molecule has 0 atom stereocenters. The largest absolute Gasteiger partial charge is 0.493 e. The fourth-order valence-electron chi connectivity index (χ4n) is 2.78. The minimum absolute atomic E-state index is 0.0932. The number of hydrogen-bond donors (Lipinski definition) is 2. The molecule has 0 aliphatic heterocycles. The van der Waals surface area contributed by atoms with Crippen LogP contribution in [0.25, 0.3) is 0 Å². The Kier molecular flexibility index (Phi) is 6.72. The van der Waals surface area contributed by atoms with Crippen molar-refractivity contribution in [1.29, 1.82) is 0 Å². The number of carbonyl (C=O) groups excluding carboxylic acids is 1. The van der Waals surface area contributed by atoms with Gasteiger partial charge in [-0.3, -0.25) is 9.52 Å². The maximum atomic E-state index is 12.6. The Hall–Kier alpha value is -3.23. The SMILES string of the molecule is COc1ccc(NC(=O)c2ccc(NS(=O)(=O)c3ccc(C)cc3)c(Cl)c2)cc1OC. The molecule has 0 aliphatic carbocycles. The number of hydrogen-bond acceptors (Lipinski definition) is 5. The van der Waals surface area contributed by atoms with Crippen LogP contribution in [-0.2, 0) is 10.0 Å². The molecule has 0 aromatic heterocycles. The number of carbonyl (C=O) groups is 1. The van der Waals surface area contributed by atoms with Gasteiger partial charge in [0.25, 0.3) is 15.9 Å². The molecule has 2 N–H and O–H groups in total. The van der Waals surface area contributed by atoms with Crippen LogP contribution in [0.4, 0.5) is 11.4 Å². The van der Waals surface area contributed by atoms with E-state index in [9.17, 15) is 13.2 Å². The molecule has 1 amide bonds. The molecule has 162 valence electrons. The Morgan fingerprint density at radius 2 is 1.58 bits per heavy atom. The maximum absolute atomic E-state index is 12.6. The number of rotatable bonds is 7. The van der Waals surface area contributed by atoms with Gasteiger partial charge in [0.05, 0.1) is 29.8 Å². The van der Waals surface area contributed by atoms with Crippen LogP contribution in [0.2, 0.25) is 5.02 Å². The summed E-state index contributed by atoms with van der Waals surface area (Å²) < 4.78 is 38.0. The van der Waals surface area contributed by atoms with Crippen molar-refractivity contribution in [2.24, 2.45) is 0 Å². The van der Waals surface area contributed by atoms with Crippen molar-refractivity contribution < 1.29 is 22.7 Å². The summed E-state index contributed by atoms with van der Waals surface area (Å²) in [6.45, 7) is 1.87. The first-order valence-corrected chi connectivity index (χ1v) is 11.0. The average molecular weight is 461 g/mol. The van der Waals surface area contributed by atoms with Gasteiger partial charge in [-0.05, 0) is 49.4 Å². The number of aryl methyl sites for hydroxylation is 1. The van der Waals surface area contributed by atoms with Gasteiger partial charge in [0.2, 0.25) is 0 Å². The molecule has 3 aromatic rings. The molecule has 0 saturated heterocycles. The third-order valence-corrected chi connectivity index (χ3v) is 6.14. The molecule has 7 nitrogen and oxygen atoms in total. The normalized spacial score (nSPS) is 11.0. The zero-order chi connectivity index (χ0) is 22.6. The van der Waals surface area contributed by atoms with Gasteiger partial charge in [0.1, 0.15) is 0 Å². The summed E-state index contributed by atoms with van der Waals surface area (Å²) in [4.78, 5) is 12.7. The smallest absolute Gasteiger partial charge is 0.261 e. The van der Waals surface area contributed by atoms with Crippen molar-refractivity contribution in [3.8, 4) is 11.5 Å². The number of ether oxygens (including phenoxy) is 2. The summed E-state index contributed by atoms with van der Waals surface area (Å²) in [7, 11) is -0.789. The Labute approximate surface area is 186 Å². The van der Waals surface area contributed by atoms with Crippen LogP contribution in [-0.4, -0.2) is 28.5 Å². The van der Waals surface area contributed by atoms with E-state index < -0.39 is 15.9 Å². The van der Waals surface area contributed by atoms with Gasteiger partial charge >= 0.3 is 0 Å². The molecule has 0 saturated carbocycles. The van der Waals surface area contributed by atoms with Gasteiger partial charge in [0.15, 0.2) is 11.5 Å². The van der Waals surface area contributed by atoms with Gasteiger partial charge in [-0.1, -0.05) is 29.3 Å². The minimum Gasteiger partial charge on any atom is -0.493 e. The Morgan fingerprint density at radius 1 is 0.903 bits per heavy atom. The Bertz CT molecular complexity index is 1210. The average Bonchev–Trinajstić information content (AvgIpc) is 2.75. The third-order valence-electron chi connectivity index (χ3n) is 4.45. The lowest BCUT2D eigenvalue weighted by Gasteiger charge is -2.12. The van der Waals surface area contributed by atoms with E-state index in [1.165, 1.54) is 44.6 Å². The van der Waals surface area contributed by atoms with Gasteiger partial charge in [0, 0.05) is 17.3 Å². The van der Waals surface area contributed by atoms with Crippen molar-refractivity contribution >= 4 is 38.9 Å². The second-order valence-corrected chi connectivity index (χ2v) is 8.73. The molecular weight excluding hydrogens is 440 g/mol. The summed E-state index contributed by atoms with van der Waals surface area (Å²) in [5, 5.41) is 2.83. The number of anilines is 2. The highest BCUT2D eigenvalue weighted by Gasteiger charge is 2.17. The second kappa shape index (κ2) is 9.28.